The zero-order valence-electron chi connectivity index (χ0n) is 12.5. The fraction of sp³-hybridized carbons (Fsp3) is 0.438. The van der Waals surface area contributed by atoms with Crippen molar-refractivity contribution in [2.75, 3.05) is 11.5 Å². The highest BCUT2D eigenvalue weighted by atomic mass is 35.5. The van der Waals surface area contributed by atoms with Gasteiger partial charge in [0.2, 0.25) is 0 Å². The van der Waals surface area contributed by atoms with E-state index in [1.807, 2.05) is 16.8 Å². The Kier molecular flexibility index (Phi) is 6.63. The summed E-state index contributed by atoms with van der Waals surface area (Å²) in [6.45, 7) is 2.57. The van der Waals surface area contributed by atoms with Gasteiger partial charge in [-0.3, -0.25) is 0 Å². The minimum absolute atomic E-state index is 0.410. The molecule has 1 N–H and O–H groups in total. The minimum atomic E-state index is -1.05. The van der Waals surface area contributed by atoms with Crippen LogP contribution in [0.25, 0.3) is 0 Å². The molecule has 0 saturated heterocycles. The predicted molar refractivity (Wildman–Crippen MR) is 94.8 cm³/mol. The molecule has 6 heteroatoms. The molecule has 1 atom stereocenters. The lowest BCUT2D eigenvalue weighted by Gasteiger charge is -2.30. The van der Waals surface area contributed by atoms with Gasteiger partial charge in [-0.15, -0.1) is 0 Å². The molecule has 0 fully saturated rings. The molecule has 1 aromatic heterocycles. The molecule has 2 aromatic rings. The Balaban J connectivity index is 2.23. The fourth-order valence-corrected chi connectivity index (χ4v) is 4.05. The third-order valence-corrected chi connectivity index (χ3v) is 5.23. The van der Waals surface area contributed by atoms with Crippen LogP contribution in [0.3, 0.4) is 0 Å². The molecule has 0 spiro atoms. The van der Waals surface area contributed by atoms with Crippen LogP contribution in [0.1, 0.15) is 25.3 Å². The van der Waals surface area contributed by atoms with Crippen LogP contribution in [-0.4, -0.2) is 26.2 Å². The van der Waals surface area contributed by atoms with Gasteiger partial charge >= 0.3 is 0 Å². The van der Waals surface area contributed by atoms with E-state index in [1.54, 1.807) is 36.4 Å². The average Bonchev–Trinajstić information content (AvgIpc) is 2.96. The number of imidazole rings is 1. The van der Waals surface area contributed by atoms with Crippen LogP contribution >= 0.6 is 35.0 Å². The lowest BCUT2D eigenvalue weighted by Crippen LogP contribution is -2.34. The van der Waals surface area contributed by atoms with Crippen molar-refractivity contribution < 1.29 is 5.11 Å². The Hall–Kier alpha value is -0.680. The summed E-state index contributed by atoms with van der Waals surface area (Å²) < 4.78 is 1.87. The minimum Gasteiger partial charge on any atom is -0.382 e. The maximum absolute atomic E-state index is 11.2. The summed E-state index contributed by atoms with van der Waals surface area (Å²) in [7, 11) is 0. The van der Waals surface area contributed by atoms with E-state index >= 15 is 0 Å². The number of hydrogen-bond donors (Lipinski definition) is 1. The molecule has 1 aromatic carbocycles. The number of unbranched alkanes of at least 4 members (excludes halogenated alkanes) is 1. The number of aliphatic hydroxyl groups is 1. The van der Waals surface area contributed by atoms with Crippen molar-refractivity contribution in [1.29, 1.82) is 0 Å². The highest BCUT2D eigenvalue weighted by molar-refractivity contribution is 7.99. The topological polar surface area (TPSA) is 38.0 Å². The molecule has 3 nitrogen and oxygen atoms in total. The van der Waals surface area contributed by atoms with Crippen molar-refractivity contribution in [3.8, 4) is 0 Å². The number of benzene rings is 1. The average molecular weight is 359 g/mol. The van der Waals surface area contributed by atoms with E-state index in [1.165, 1.54) is 0 Å². The Morgan fingerprint density at radius 3 is 2.82 bits per heavy atom. The van der Waals surface area contributed by atoms with Crippen molar-refractivity contribution in [2.45, 2.75) is 31.9 Å². The van der Waals surface area contributed by atoms with Crippen molar-refractivity contribution in [3.05, 3.63) is 52.5 Å². The molecular formula is C16H20Cl2N2OS. The maximum Gasteiger partial charge on any atom is 0.118 e. The largest absolute Gasteiger partial charge is 0.382 e. The second-order valence-corrected chi connectivity index (χ2v) is 7.25. The number of aromatic nitrogens is 2. The summed E-state index contributed by atoms with van der Waals surface area (Å²) in [4.78, 5) is 4.04. The quantitative estimate of drug-likeness (QED) is 0.700. The standard InChI is InChI=1S/C16H20Cl2N2OS/c1-2-3-8-22-11-16(21,10-20-7-6-19-12-20)14-5-4-13(17)9-15(14)18/h4-7,9,12,21H,2-3,8,10-11H2,1H3/t16-/m0/s1. The summed E-state index contributed by atoms with van der Waals surface area (Å²) in [5.41, 5.74) is -0.350. The Bertz CT molecular complexity index is 592. The van der Waals surface area contributed by atoms with Crippen LogP contribution in [0.5, 0.6) is 0 Å². The van der Waals surface area contributed by atoms with Crippen LogP contribution in [0.4, 0.5) is 0 Å². The first-order valence-electron chi connectivity index (χ1n) is 7.26. The summed E-state index contributed by atoms with van der Waals surface area (Å²) in [6, 6.07) is 5.24. The van der Waals surface area contributed by atoms with Crippen LogP contribution in [0.2, 0.25) is 10.0 Å². The molecule has 0 amide bonds. The van der Waals surface area contributed by atoms with Gasteiger partial charge in [-0.2, -0.15) is 11.8 Å². The SMILES string of the molecule is CCCCSC[C@@](O)(Cn1ccnc1)c1ccc(Cl)cc1Cl. The molecule has 0 radical (unpaired) electrons. The molecular weight excluding hydrogens is 339 g/mol. The molecule has 1 heterocycles. The van der Waals surface area contributed by atoms with Crippen LogP contribution in [0, 0.1) is 0 Å². The normalized spacial score (nSPS) is 14.0. The van der Waals surface area contributed by atoms with Crippen molar-refractivity contribution in [2.24, 2.45) is 0 Å². The molecule has 0 aliphatic heterocycles. The molecule has 0 aliphatic carbocycles. The summed E-state index contributed by atoms with van der Waals surface area (Å²) in [5, 5.41) is 12.3. The van der Waals surface area contributed by atoms with Crippen LogP contribution in [-0.2, 0) is 12.1 Å². The summed E-state index contributed by atoms with van der Waals surface area (Å²) in [6.07, 6.45) is 7.53. The van der Waals surface area contributed by atoms with Crippen molar-refractivity contribution >= 4 is 35.0 Å². The van der Waals surface area contributed by atoms with Crippen LogP contribution < -0.4 is 0 Å². The van der Waals surface area contributed by atoms with Crippen molar-refractivity contribution in [1.82, 2.24) is 9.55 Å². The smallest absolute Gasteiger partial charge is 0.118 e. The third-order valence-electron chi connectivity index (χ3n) is 3.42. The van der Waals surface area contributed by atoms with Gasteiger partial charge in [-0.1, -0.05) is 42.6 Å². The van der Waals surface area contributed by atoms with Gasteiger partial charge in [-0.05, 0) is 24.3 Å². The molecule has 22 heavy (non-hydrogen) atoms. The van der Waals surface area contributed by atoms with Gasteiger partial charge in [-0.25, -0.2) is 4.98 Å². The molecule has 120 valence electrons. The van der Waals surface area contributed by atoms with Crippen molar-refractivity contribution in [3.63, 3.8) is 0 Å². The summed E-state index contributed by atoms with van der Waals surface area (Å²) >= 11 is 14.0. The Morgan fingerprint density at radius 1 is 1.36 bits per heavy atom. The summed E-state index contributed by atoms with van der Waals surface area (Å²) in [5.74, 6) is 1.60. The Morgan fingerprint density at radius 2 is 2.18 bits per heavy atom. The van der Waals surface area contributed by atoms with E-state index in [-0.39, 0.29) is 0 Å². The second kappa shape index (κ2) is 8.25. The zero-order chi connectivity index (χ0) is 16.0. The Labute approximate surface area is 145 Å². The monoisotopic (exact) mass is 358 g/mol. The number of hydrogen-bond acceptors (Lipinski definition) is 3. The number of halogens is 2. The van der Waals surface area contributed by atoms with E-state index in [2.05, 4.69) is 11.9 Å². The second-order valence-electron chi connectivity index (χ2n) is 5.30. The number of nitrogens with zero attached hydrogens (tertiary/aromatic N) is 2. The molecule has 0 saturated carbocycles. The van der Waals surface area contributed by atoms with Gasteiger partial charge in [0.05, 0.1) is 12.9 Å². The third kappa shape index (κ3) is 4.66. The first-order chi connectivity index (χ1) is 10.5. The van der Waals surface area contributed by atoms with E-state index < -0.39 is 5.60 Å². The highest BCUT2D eigenvalue weighted by Crippen LogP contribution is 2.34. The van der Waals surface area contributed by atoms with Gasteiger partial charge < -0.3 is 9.67 Å². The first kappa shape index (κ1) is 17.7. The molecule has 0 aliphatic rings. The van der Waals surface area contributed by atoms with Gasteiger partial charge in [0.25, 0.3) is 0 Å². The number of thioether (sulfide) groups is 1. The fourth-order valence-electron chi connectivity index (χ4n) is 2.25. The van der Waals surface area contributed by atoms with E-state index in [9.17, 15) is 5.11 Å². The van der Waals surface area contributed by atoms with Crippen LogP contribution in [0.15, 0.2) is 36.9 Å². The molecule has 0 unspecified atom stereocenters. The van der Waals surface area contributed by atoms with Gasteiger partial charge in [0, 0.05) is 33.8 Å². The predicted octanol–water partition coefficient (Wildman–Crippen LogP) is 4.61. The maximum atomic E-state index is 11.2. The molecule has 2 rings (SSSR count). The lowest BCUT2D eigenvalue weighted by atomic mass is 9.95. The molecule has 0 bridgehead atoms. The number of rotatable bonds is 8. The van der Waals surface area contributed by atoms with Gasteiger partial charge in [0.1, 0.15) is 5.60 Å². The van der Waals surface area contributed by atoms with E-state index in [0.717, 1.165) is 18.6 Å². The zero-order valence-corrected chi connectivity index (χ0v) is 14.8. The van der Waals surface area contributed by atoms with Gasteiger partial charge in [0.15, 0.2) is 0 Å². The van der Waals surface area contributed by atoms with E-state index in [4.69, 9.17) is 23.2 Å². The highest BCUT2D eigenvalue weighted by Gasteiger charge is 2.32. The lowest BCUT2D eigenvalue weighted by molar-refractivity contribution is 0.0435. The van der Waals surface area contributed by atoms with E-state index in [0.29, 0.717) is 27.9 Å². The first-order valence-corrected chi connectivity index (χ1v) is 9.17.